The normalized spacial score (nSPS) is 10.8. The molecule has 0 aliphatic heterocycles. The van der Waals surface area contributed by atoms with E-state index in [0.29, 0.717) is 15.9 Å². The second kappa shape index (κ2) is 3.83. The summed E-state index contributed by atoms with van der Waals surface area (Å²) in [5, 5.41) is 13.9. The molecule has 0 radical (unpaired) electrons. The number of rotatable bonds is 2. The van der Waals surface area contributed by atoms with Gasteiger partial charge in [-0.3, -0.25) is 0 Å². The van der Waals surface area contributed by atoms with Crippen LogP contribution < -0.4 is 0 Å². The van der Waals surface area contributed by atoms with Gasteiger partial charge in [0.25, 0.3) is 0 Å². The van der Waals surface area contributed by atoms with Gasteiger partial charge in [0.1, 0.15) is 5.56 Å². The number of alkyl halides is 1. The van der Waals surface area contributed by atoms with Gasteiger partial charge in [-0.05, 0) is 6.07 Å². The lowest BCUT2D eigenvalue weighted by molar-refractivity contribution is 0.0699. The number of carboxylic acid groups (broad SMARTS) is 1. The molecule has 0 aliphatic carbocycles. The second-order valence-corrected chi connectivity index (χ2v) is 3.90. The Bertz CT molecular complexity index is 538. The molecule has 78 valence electrons. The van der Waals surface area contributed by atoms with Gasteiger partial charge in [-0.15, -0.1) is 0 Å². The molecule has 0 saturated carbocycles. The molecule has 6 heteroatoms. The van der Waals surface area contributed by atoms with E-state index in [-0.39, 0.29) is 5.56 Å². The molecule has 15 heavy (non-hydrogen) atoms. The molecule has 0 amide bonds. The maximum atomic E-state index is 10.9. The number of halogens is 2. The van der Waals surface area contributed by atoms with Crippen molar-refractivity contribution in [3.63, 3.8) is 0 Å². The third-order valence-corrected chi connectivity index (χ3v) is 3.01. The van der Waals surface area contributed by atoms with Crippen LogP contribution in [0.3, 0.4) is 0 Å². The van der Waals surface area contributed by atoms with Crippen molar-refractivity contribution in [2.45, 2.75) is 5.33 Å². The van der Waals surface area contributed by atoms with Crippen molar-refractivity contribution in [2.24, 2.45) is 0 Å². The minimum atomic E-state index is -1.01. The topological polar surface area (TPSA) is 54.6 Å². The largest absolute Gasteiger partial charge is 0.478 e. The zero-order chi connectivity index (χ0) is 11.0. The maximum absolute atomic E-state index is 10.9. The summed E-state index contributed by atoms with van der Waals surface area (Å²) in [4.78, 5) is 10.9. The zero-order valence-corrected chi connectivity index (χ0v) is 9.79. The van der Waals surface area contributed by atoms with Gasteiger partial charge in [-0.1, -0.05) is 27.5 Å². The van der Waals surface area contributed by atoms with Gasteiger partial charge in [0.15, 0.2) is 0 Å². The third-order valence-electron chi connectivity index (χ3n) is 2.10. The van der Waals surface area contributed by atoms with Crippen LogP contribution >= 0.6 is 27.5 Å². The van der Waals surface area contributed by atoms with Gasteiger partial charge in [0.2, 0.25) is 0 Å². The Morgan fingerprint density at radius 1 is 1.67 bits per heavy atom. The van der Waals surface area contributed by atoms with Crippen LogP contribution in [0.5, 0.6) is 0 Å². The molecule has 0 aliphatic rings. The van der Waals surface area contributed by atoms with Crippen LogP contribution in [0.25, 0.3) is 5.52 Å². The SMILES string of the molecule is O=C(O)c1cnn2ccc(Cl)c(CBr)c12. The van der Waals surface area contributed by atoms with Crippen molar-refractivity contribution in [3.8, 4) is 0 Å². The Morgan fingerprint density at radius 3 is 3.00 bits per heavy atom. The van der Waals surface area contributed by atoms with E-state index in [4.69, 9.17) is 16.7 Å². The number of pyridine rings is 1. The molecule has 1 N–H and O–H groups in total. The average Bonchev–Trinajstić information content (AvgIpc) is 2.61. The Morgan fingerprint density at radius 2 is 2.40 bits per heavy atom. The molecule has 0 aromatic carbocycles. The van der Waals surface area contributed by atoms with Crippen LogP contribution in [-0.4, -0.2) is 20.7 Å². The molecule has 0 bridgehead atoms. The summed E-state index contributed by atoms with van der Waals surface area (Å²) in [6.07, 6.45) is 2.95. The first kappa shape index (κ1) is 10.4. The van der Waals surface area contributed by atoms with Gasteiger partial charge in [-0.25, -0.2) is 9.31 Å². The van der Waals surface area contributed by atoms with E-state index in [2.05, 4.69) is 21.0 Å². The molecular formula is C9H6BrClN2O2. The number of aromatic carboxylic acids is 1. The molecule has 2 rings (SSSR count). The van der Waals surface area contributed by atoms with Crippen LogP contribution in [-0.2, 0) is 5.33 Å². The molecule has 0 fully saturated rings. The van der Waals surface area contributed by atoms with Crippen molar-refractivity contribution in [3.05, 3.63) is 34.6 Å². The Hall–Kier alpha value is -1.07. The number of hydrogen-bond acceptors (Lipinski definition) is 2. The van der Waals surface area contributed by atoms with Crippen molar-refractivity contribution >= 4 is 39.0 Å². The standard InChI is InChI=1S/C9H6BrClN2O2/c10-3-5-7(11)1-2-13-8(5)6(4-12-13)9(14)15/h1-2,4H,3H2,(H,14,15). The quantitative estimate of drug-likeness (QED) is 0.865. The van der Waals surface area contributed by atoms with Crippen LogP contribution in [0.15, 0.2) is 18.5 Å². The van der Waals surface area contributed by atoms with E-state index in [1.807, 2.05) is 0 Å². The zero-order valence-electron chi connectivity index (χ0n) is 7.44. The number of carboxylic acids is 1. The van der Waals surface area contributed by atoms with Gasteiger partial charge in [0, 0.05) is 22.1 Å². The highest BCUT2D eigenvalue weighted by atomic mass is 79.9. The molecule has 0 spiro atoms. The maximum Gasteiger partial charge on any atom is 0.339 e. The van der Waals surface area contributed by atoms with Crippen molar-refractivity contribution in [1.82, 2.24) is 9.61 Å². The number of nitrogens with zero attached hydrogens (tertiary/aromatic N) is 2. The highest BCUT2D eigenvalue weighted by Gasteiger charge is 2.16. The first-order valence-corrected chi connectivity index (χ1v) is 5.59. The summed E-state index contributed by atoms with van der Waals surface area (Å²) < 4.78 is 1.51. The summed E-state index contributed by atoms with van der Waals surface area (Å²) in [5.74, 6) is -1.01. The minimum absolute atomic E-state index is 0.159. The van der Waals surface area contributed by atoms with Crippen LogP contribution in [0.2, 0.25) is 5.02 Å². The summed E-state index contributed by atoms with van der Waals surface area (Å²) in [6.45, 7) is 0. The fourth-order valence-corrected chi connectivity index (χ4v) is 2.35. The second-order valence-electron chi connectivity index (χ2n) is 2.93. The third kappa shape index (κ3) is 1.61. The highest BCUT2D eigenvalue weighted by molar-refractivity contribution is 9.08. The van der Waals surface area contributed by atoms with Crippen LogP contribution in [0.4, 0.5) is 0 Å². The van der Waals surface area contributed by atoms with Crippen molar-refractivity contribution in [1.29, 1.82) is 0 Å². The fourth-order valence-electron chi connectivity index (χ4n) is 1.41. The number of carbonyl (C=O) groups is 1. The van der Waals surface area contributed by atoms with Gasteiger partial charge in [-0.2, -0.15) is 5.10 Å². The Kier molecular flexibility index (Phi) is 2.67. The fraction of sp³-hybridized carbons (Fsp3) is 0.111. The molecule has 4 nitrogen and oxygen atoms in total. The van der Waals surface area contributed by atoms with Gasteiger partial charge < -0.3 is 5.11 Å². The lowest BCUT2D eigenvalue weighted by Crippen LogP contribution is -1.98. The highest BCUT2D eigenvalue weighted by Crippen LogP contribution is 2.25. The van der Waals surface area contributed by atoms with E-state index >= 15 is 0 Å². The molecule has 2 aromatic rings. The number of aromatic nitrogens is 2. The van der Waals surface area contributed by atoms with E-state index in [9.17, 15) is 4.79 Å². The smallest absolute Gasteiger partial charge is 0.339 e. The first-order chi connectivity index (χ1) is 7.15. The molecule has 0 saturated heterocycles. The average molecular weight is 290 g/mol. The van der Waals surface area contributed by atoms with Gasteiger partial charge >= 0.3 is 5.97 Å². The first-order valence-electron chi connectivity index (χ1n) is 4.09. The molecule has 0 atom stereocenters. The Balaban J connectivity index is 2.86. The summed E-state index contributed by atoms with van der Waals surface area (Å²) in [5.41, 5.74) is 1.42. The molecule has 2 heterocycles. The van der Waals surface area contributed by atoms with E-state index < -0.39 is 5.97 Å². The lowest BCUT2D eigenvalue weighted by atomic mass is 10.2. The summed E-state index contributed by atoms with van der Waals surface area (Å²) >= 11 is 9.25. The minimum Gasteiger partial charge on any atom is -0.478 e. The van der Waals surface area contributed by atoms with E-state index in [0.717, 1.165) is 5.56 Å². The molecule has 0 unspecified atom stereocenters. The van der Waals surface area contributed by atoms with Gasteiger partial charge in [0.05, 0.1) is 11.7 Å². The lowest BCUT2D eigenvalue weighted by Gasteiger charge is -2.03. The van der Waals surface area contributed by atoms with E-state index in [1.54, 1.807) is 12.3 Å². The van der Waals surface area contributed by atoms with Crippen LogP contribution in [0.1, 0.15) is 15.9 Å². The molecule has 2 aromatic heterocycles. The molecular weight excluding hydrogens is 283 g/mol. The predicted molar refractivity (Wildman–Crippen MR) is 59.8 cm³/mol. The summed E-state index contributed by atoms with van der Waals surface area (Å²) in [7, 11) is 0. The van der Waals surface area contributed by atoms with E-state index in [1.165, 1.54) is 10.7 Å². The number of hydrogen-bond donors (Lipinski definition) is 1. The van der Waals surface area contributed by atoms with Crippen LogP contribution in [0, 0.1) is 0 Å². The predicted octanol–water partition coefficient (Wildman–Crippen LogP) is 2.58. The van der Waals surface area contributed by atoms with Crippen molar-refractivity contribution < 1.29 is 9.90 Å². The summed E-state index contributed by atoms with van der Waals surface area (Å²) in [6, 6.07) is 1.68. The number of fused-ring (bicyclic) bond motifs is 1. The monoisotopic (exact) mass is 288 g/mol. The Labute approximate surface area is 98.6 Å². The van der Waals surface area contributed by atoms with Crippen molar-refractivity contribution in [2.75, 3.05) is 0 Å².